The van der Waals surface area contributed by atoms with Crippen molar-refractivity contribution in [2.75, 3.05) is 20.3 Å². The number of hydrogen-bond acceptors (Lipinski definition) is 4. The Kier molecular flexibility index (Phi) is 5.48. The van der Waals surface area contributed by atoms with Crippen molar-refractivity contribution in [3.05, 3.63) is 23.8 Å². The molecule has 0 radical (unpaired) electrons. The van der Waals surface area contributed by atoms with E-state index in [1.165, 1.54) is 5.56 Å². The van der Waals surface area contributed by atoms with Crippen LogP contribution in [0.1, 0.15) is 39.2 Å². The van der Waals surface area contributed by atoms with Gasteiger partial charge in [0.15, 0.2) is 11.5 Å². The van der Waals surface area contributed by atoms with Crippen LogP contribution >= 0.6 is 0 Å². The van der Waals surface area contributed by atoms with Gasteiger partial charge in [-0.05, 0) is 51.3 Å². The highest BCUT2D eigenvalue weighted by molar-refractivity contribution is 5.43. The fraction of sp³-hybridized carbons (Fsp3) is 0.647. The summed E-state index contributed by atoms with van der Waals surface area (Å²) in [4.78, 5) is 0. The van der Waals surface area contributed by atoms with E-state index in [0.717, 1.165) is 37.5 Å². The summed E-state index contributed by atoms with van der Waals surface area (Å²) in [7, 11) is 1.68. The Labute approximate surface area is 127 Å². The number of rotatable bonds is 6. The van der Waals surface area contributed by atoms with E-state index in [-0.39, 0.29) is 11.6 Å². The average molecular weight is 293 g/mol. The molecule has 1 saturated heterocycles. The minimum absolute atomic E-state index is 0.0994. The molecule has 0 bridgehead atoms. The molecular weight excluding hydrogens is 266 g/mol. The van der Waals surface area contributed by atoms with Crippen molar-refractivity contribution in [3.63, 3.8) is 0 Å². The number of benzene rings is 1. The zero-order chi connectivity index (χ0) is 15.3. The van der Waals surface area contributed by atoms with Gasteiger partial charge < -0.3 is 19.5 Å². The van der Waals surface area contributed by atoms with Crippen LogP contribution in [0.25, 0.3) is 0 Å². The fourth-order valence-electron chi connectivity index (χ4n) is 2.27. The van der Waals surface area contributed by atoms with Crippen LogP contribution in [0.5, 0.6) is 11.5 Å². The molecule has 0 aliphatic carbocycles. The first-order valence-electron chi connectivity index (χ1n) is 7.64. The standard InChI is InChI=1S/C17H27NO3/c1-17(2,3)18-11-13-7-8-15(16(10-13)19-4)21-12-14-6-5-9-20-14/h7-8,10,14,18H,5-6,9,11-12H2,1-4H3. The topological polar surface area (TPSA) is 39.7 Å². The molecule has 21 heavy (non-hydrogen) atoms. The van der Waals surface area contributed by atoms with Gasteiger partial charge in [-0.3, -0.25) is 0 Å². The normalized spacial score (nSPS) is 18.8. The molecule has 1 aromatic rings. The smallest absolute Gasteiger partial charge is 0.161 e. The van der Waals surface area contributed by atoms with E-state index >= 15 is 0 Å². The molecule has 0 saturated carbocycles. The van der Waals surface area contributed by atoms with Gasteiger partial charge in [-0.15, -0.1) is 0 Å². The van der Waals surface area contributed by atoms with Crippen molar-refractivity contribution >= 4 is 0 Å². The molecule has 4 nitrogen and oxygen atoms in total. The zero-order valence-electron chi connectivity index (χ0n) is 13.6. The quantitative estimate of drug-likeness (QED) is 0.874. The van der Waals surface area contributed by atoms with Gasteiger partial charge in [0.2, 0.25) is 0 Å². The first-order valence-corrected chi connectivity index (χ1v) is 7.64. The zero-order valence-corrected chi connectivity index (χ0v) is 13.6. The van der Waals surface area contributed by atoms with Crippen LogP contribution in [0.4, 0.5) is 0 Å². The molecule has 1 aliphatic heterocycles. The maximum Gasteiger partial charge on any atom is 0.161 e. The molecule has 0 aromatic heterocycles. The summed E-state index contributed by atoms with van der Waals surface area (Å²) in [5.74, 6) is 1.56. The Hall–Kier alpha value is -1.26. The summed E-state index contributed by atoms with van der Waals surface area (Å²) in [6, 6.07) is 6.09. The molecule has 1 unspecified atom stereocenters. The van der Waals surface area contributed by atoms with E-state index in [0.29, 0.717) is 6.61 Å². The van der Waals surface area contributed by atoms with Gasteiger partial charge in [0.1, 0.15) is 6.61 Å². The molecule has 1 aromatic carbocycles. The van der Waals surface area contributed by atoms with Crippen molar-refractivity contribution in [3.8, 4) is 11.5 Å². The van der Waals surface area contributed by atoms with Crippen molar-refractivity contribution in [2.45, 2.75) is 51.8 Å². The molecule has 1 N–H and O–H groups in total. The van der Waals surface area contributed by atoms with Crippen LogP contribution in [0, 0.1) is 0 Å². The SMILES string of the molecule is COc1cc(CNC(C)(C)C)ccc1OCC1CCCO1. The molecule has 1 atom stereocenters. The fourth-order valence-corrected chi connectivity index (χ4v) is 2.27. The third kappa shape index (κ3) is 5.21. The van der Waals surface area contributed by atoms with E-state index < -0.39 is 0 Å². The first-order chi connectivity index (χ1) is 9.98. The minimum Gasteiger partial charge on any atom is -0.493 e. The van der Waals surface area contributed by atoms with E-state index in [1.807, 2.05) is 12.1 Å². The van der Waals surface area contributed by atoms with Crippen LogP contribution in [-0.2, 0) is 11.3 Å². The molecule has 0 spiro atoms. The predicted octanol–water partition coefficient (Wildman–Crippen LogP) is 3.14. The third-order valence-electron chi connectivity index (χ3n) is 3.50. The van der Waals surface area contributed by atoms with E-state index in [1.54, 1.807) is 7.11 Å². The summed E-state index contributed by atoms with van der Waals surface area (Å²) < 4.78 is 16.9. The second-order valence-electron chi connectivity index (χ2n) is 6.53. The third-order valence-corrected chi connectivity index (χ3v) is 3.50. The lowest BCUT2D eigenvalue weighted by molar-refractivity contribution is 0.0669. The lowest BCUT2D eigenvalue weighted by Crippen LogP contribution is -2.35. The Morgan fingerprint density at radius 3 is 2.71 bits per heavy atom. The molecular formula is C17H27NO3. The van der Waals surface area contributed by atoms with Gasteiger partial charge in [-0.25, -0.2) is 0 Å². The summed E-state index contributed by atoms with van der Waals surface area (Å²) in [6.45, 7) is 8.72. The van der Waals surface area contributed by atoms with Crippen molar-refractivity contribution < 1.29 is 14.2 Å². The summed E-state index contributed by atoms with van der Waals surface area (Å²) in [6.07, 6.45) is 2.43. The highest BCUT2D eigenvalue weighted by atomic mass is 16.5. The van der Waals surface area contributed by atoms with Crippen molar-refractivity contribution in [2.24, 2.45) is 0 Å². The molecule has 0 amide bonds. The van der Waals surface area contributed by atoms with E-state index in [4.69, 9.17) is 14.2 Å². The highest BCUT2D eigenvalue weighted by Gasteiger charge is 2.17. The van der Waals surface area contributed by atoms with Crippen LogP contribution in [0.2, 0.25) is 0 Å². The van der Waals surface area contributed by atoms with Crippen LogP contribution < -0.4 is 14.8 Å². The second-order valence-corrected chi connectivity index (χ2v) is 6.53. The lowest BCUT2D eigenvalue weighted by Gasteiger charge is -2.21. The van der Waals surface area contributed by atoms with Crippen LogP contribution in [0.15, 0.2) is 18.2 Å². The van der Waals surface area contributed by atoms with E-state index in [2.05, 4.69) is 32.2 Å². The van der Waals surface area contributed by atoms with Crippen molar-refractivity contribution in [1.82, 2.24) is 5.32 Å². The Morgan fingerprint density at radius 2 is 2.10 bits per heavy atom. The summed E-state index contributed by atoms with van der Waals surface area (Å²) in [5.41, 5.74) is 1.29. The van der Waals surface area contributed by atoms with Crippen LogP contribution in [-0.4, -0.2) is 32.0 Å². The highest BCUT2D eigenvalue weighted by Crippen LogP contribution is 2.29. The van der Waals surface area contributed by atoms with Gasteiger partial charge in [-0.2, -0.15) is 0 Å². The second kappa shape index (κ2) is 7.14. The Bertz CT molecular complexity index is 448. The van der Waals surface area contributed by atoms with Gasteiger partial charge in [-0.1, -0.05) is 6.07 Å². The average Bonchev–Trinajstić information content (AvgIpc) is 2.95. The molecule has 4 heteroatoms. The maximum absolute atomic E-state index is 5.84. The lowest BCUT2D eigenvalue weighted by atomic mass is 10.1. The van der Waals surface area contributed by atoms with Gasteiger partial charge in [0, 0.05) is 18.7 Å². The van der Waals surface area contributed by atoms with Crippen molar-refractivity contribution in [1.29, 1.82) is 0 Å². The first kappa shape index (κ1) is 16.1. The van der Waals surface area contributed by atoms with Crippen LogP contribution in [0.3, 0.4) is 0 Å². The molecule has 1 heterocycles. The van der Waals surface area contributed by atoms with Gasteiger partial charge in [0.25, 0.3) is 0 Å². The number of nitrogens with one attached hydrogen (secondary N) is 1. The monoisotopic (exact) mass is 293 g/mol. The number of hydrogen-bond donors (Lipinski definition) is 1. The summed E-state index contributed by atoms with van der Waals surface area (Å²) in [5, 5.41) is 3.47. The van der Waals surface area contributed by atoms with Gasteiger partial charge >= 0.3 is 0 Å². The summed E-state index contributed by atoms with van der Waals surface area (Å²) >= 11 is 0. The molecule has 1 fully saturated rings. The van der Waals surface area contributed by atoms with E-state index in [9.17, 15) is 0 Å². The predicted molar refractivity (Wildman–Crippen MR) is 84.1 cm³/mol. The molecule has 2 rings (SSSR count). The number of ether oxygens (including phenoxy) is 3. The molecule has 1 aliphatic rings. The van der Waals surface area contributed by atoms with Gasteiger partial charge in [0.05, 0.1) is 13.2 Å². The maximum atomic E-state index is 5.84. The Balaban J connectivity index is 1.95. The molecule has 118 valence electrons. The largest absolute Gasteiger partial charge is 0.493 e. The number of methoxy groups -OCH3 is 1. The Morgan fingerprint density at radius 1 is 1.29 bits per heavy atom. The minimum atomic E-state index is 0.0994.